The monoisotopic (exact) mass is 489 g/mol. The van der Waals surface area contributed by atoms with Crippen LogP contribution in [0.25, 0.3) is 38.9 Å². The Hall–Kier alpha value is -3.81. The first-order chi connectivity index (χ1) is 16.5. The molecule has 6 rings (SSSR count). The van der Waals surface area contributed by atoms with Gasteiger partial charge in [-0.2, -0.15) is 0 Å². The predicted octanol–water partition coefficient (Wildman–Crippen LogP) is 5.78. The molecule has 3 heterocycles. The van der Waals surface area contributed by atoms with Gasteiger partial charge in [-0.05, 0) is 48.0 Å². The normalized spacial score (nSPS) is 11.6. The number of rotatable bonds is 3. The van der Waals surface area contributed by atoms with Crippen LogP contribution in [0.3, 0.4) is 0 Å². The standard InChI is InChI=1S/C25H14Cl2FN5O/c26-15-7-5-14(6-8-15)12-32-13-29-23-21(25(32)34)22-24(31-20-4-2-1-3-19(20)30-22)33(23)16-9-10-18(28)17(27)11-16/h1-11,13H,12H2. The van der Waals surface area contributed by atoms with E-state index < -0.39 is 5.82 Å². The van der Waals surface area contributed by atoms with Crippen LogP contribution in [0.4, 0.5) is 4.39 Å². The molecule has 34 heavy (non-hydrogen) atoms. The molecule has 0 aliphatic heterocycles. The fourth-order valence-electron chi connectivity index (χ4n) is 4.04. The smallest absolute Gasteiger partial charge is 0.265 e. The topological polar surface area (TPSA) is 65.6 Å². The van der Waals surface area contributed by atoms with Crippen molar-refractivity contribution in [3.63, 3.8) is 0 Å². The molecule has 6 aromatic rings. The van der Waals surface area contributed by atoms with E-state index in [9.17, 15) is 9.18 Å². The summed E-state index contributed by atoms with van der Waals surface area (Å²) in [5.41, 5.74) is 3.69. The molecular weight excluding hydrogens is 476 g/mol. The number of para-hydroxylation sites is 2. The van der Waals surface area contributed by atoms with Gasteiger partial charge in [-0.15, -0.1) is 0 Å². The highest BCUT2D eigenvalue weighted by molar-refractivity contribution is 6.31. The molecule has 0 spiro atoms. The minimum atomic E-state index is -0.541. The molecule has 0 saturated carbocycles. The third kappa shape index (κ3) is 3.32. The quantitative estimate of drug-likeness (QED) is 0.316. The number of hydrogen-bond acceptors (Lipinski definition) is 4. The Bertz CT molecular complexity index is 1790. The Kier molecular flexibility index (Phi) is 4.83. The maximum Gasteiger partial charge on any atom is 0.265 e. The van der Waals surface area contributed by atoms with Crippen LogP contribution in [0.1, 0.15) is 5.56 Å². The van der Waals surface area contributed by atoms with Crippen LogP contribution in [0.15, 0.2) is 77.9 Å². The van der Waals surface area contributed by atoms with E-state index in [0.717, 1.165) is 5.56 Å². The van der Waals surface area contributed by atoms with Crippen molar-refractivity contribution in [1.29, 1.82) is 0 Å². The van der Waals surface area contributed by atoms with Crippen molar-refractivity contribution in [2.45, 2.75) is 6.54 Å². The third-order valence-corrected chi connectivity index (χ3v) is 6.20. The third-order valence-electron chi connectivity index (χ3n) is 5.66. The largest absolute Gasteiger partial charge is 0.294 e. The summed E-state index contributed by atoms with van der Waals surface area (Å²) in [6.07, 6.45) is 1.49. The highest BCUT2D eigenvalue weighted by atomic mass is 35.5. The van der Waals surface area contributed by atoms with Crippen molar-refractivity contribution >= 4 is 56.4 Å². The fraction of sp³-hybridized carbons (Fsp3) is 0.0400. The first-order valence-electron chi connectivity index (χ1n) is 10.4. The average molecular weight is 490 g/mol. The zero-order valence-electron chi connectivity index (χ0n) is 17.4. The van der Waals surface area contributed by atoms with Crippen molar-refractivity contribution in [3.8, 4) is 5.69 Å². The highest BCUT2D eigenvalue weighted by Gasteiger charge is 2.21. The second kappa shape index (κ2) is 7.90. The van der Waals surface area contributed by atoms with Crippen LogP contribution in [0.2, 0.25) is 10.0 Å². The number of nitrogens with zero attached hydrogens (tertiary/aromatic N) is 5. The van der Waals surface area contributed by atoms with Crippen LogP contribution in [-0.2, 0) is 6.54 Å². The first kappa shape index (κ1) is 20.8. The van der Waals surface area contributed by atoms with E-state index in [1.165, 1.54) is 23.0 Å². The van der Waals surface area contributed by atoms with Crippen molar-refractivity contribution in [2.75, 3.05) is 0 Å². The molecule has 0 radical (unpaired) electrons. The predicted molar refractivity (Wildman–Crippen MR) is 131 cm³/mol. The van der Waals surface area contributed by atoms with Gasteiger partial charge in [0.1, 0.15) is 23.0 Å². The van der Waals surface area contributed by atoms with E-state index in [-0.39, 0.29) is 10.6 Å². The molecule has 0 saturated heterocycles. The van der Waals surface area contributed by atoms with Crippen molar-refractivity contribution in [2.24, 2.45) is 0 Å². The van der Waals surface area contributed by atoms with Gasteiger partial charge < -0.3 is 0 Å². The number of benzene rings is 3. The van der Waals surface area contributed by atoms with Crippen LogP contribution < -0.4 is 5.56 Å². The highest BCUT2D eigenvalue weighted by Crippen LogP contribution is 2.30. The minimum Gasteiger partial charge on any atom is -0.294 e. The molecule has 0 fully saturated rings. The van der Waals surface area contributed by atoms with Crippen LogP contribution in [-0.4, -0.2) is 24.1 Å². The number of hydrogen-bond donors (Lipinski definition) is 0. The van der Waals surface area contributed by atoms with Gasteiger partial charge >= 0.3 is 0 Å². The lowest BCUT2D eigenvalue weighted by molar-refractivity contribution is 0.628. The molecule has 0 atom stereocenters. The lowest BCUT2D eigenvalue weighted by Crippen LogP contribution is -2.21. The summed E-state index contributed by atoms with van der Waals surface area (Å²) in [5, 5.41) is 0.898. The summed E-state index contributed by atoms with van der Waals surface area (Å²) in [4.78, 5) is 27.8. The lowest BCUT2D eigenvalue weighted by atomic mass is 10.2. The fourth-order valence-corrected chi connectivity index (χ4v) is 4.34. The molecular formula is C25H14Cl2FN5O. The molecule has 6 nitrogen and oxygen atoms in total. The molecule has 0 bridgehead atoms. The Morgan fingerprint density at radius 2 is 1.62 bits per heavy atom. The molecule has 9 heteroatoms. The second-order valence-electron chi connectivity index (χ2n) is 7.82. The Morgan fingerprint density at radius 3 is 2.35 bits per heavy atom. The van der Waals surface area contributed by atoms with Gasteiger partial charge in [0, 0.05) is 5.02 Å². The minimum absolute atomic E-state index is 0.0441. The van der Waals surface area contributed by atoms with Crippen molar-refractivity contribution in [1.82, 2.24) is 24.1 Å². The summed E-state index contributed by atoms with van der Waals surface area (Å²) in [6.45, 7) is 0.314. The van der Waals surface area contributed by atoms with Gasteiger partial charge in [0.2, 0.25) is 0 Å². The van der Waals surface area contributed by atoms with E-state index in [0.29, 0.717) is 50.5 Å². The van der Waals surface area contributed by atoms with E-state index >= 15 is 0 Å². The zero-order valence-corrected chi connectivity index (χ0v) is 18.9. The van der Waals surface area contributed by atoms with E-state index in [1.54, 1.807) is 22.8 Å². The van der Waals surface area contributed by atoms with E-state index in [1.807, 2.05) is 36.4 Å². The Labute approximate surface area is 201 Å². The Balaban J connectivity index is 1.67. The van der Waals surface area contributed by atoms with Gasteiger partial charge in [-0.25, -0.2) is 19.3 Å². The van der Waals surface area contributed by atoms with Crippen LogP contribution in [0.5, 0.6) is 0 Å². The zero-order chi connectivity index (χ0) is 23.4. The second-order valence-corrected chi connectivity index (χ2v) is 8.66. The van der Waals surface area contributed by atoms with Crippen LogP contribution >= 0.6 is 23.2 Å². The molecule has 0 N–H and O–H groups in total. The molecule has 3 aromatic carbocycles. The van der Waals surface area contributed by atoms with Gasteiger partial charge in [-0.1, -0.05) is 47.5 Å². The van der Waals surface area contributed by atoms with Gasteiger partial charge in [-0.3, -0.25) is 13.9 Å². The molecule has 0 aliphatic carbocycles. The van der Waals surface area contributed by atoms with Crippen LogP contribution in [0, 0.1) is 5.82 Å². The van der Waals surface area contributed by atoms with Gasteiger partial charge in [0.15, 0.2) is 11.3 Å². The van der Waals surface area contributed by atoms with Gasteiger partial charge in [0.25, 0.3) is 5.56 Å². The summed E-state index contributed by atoms with van der Waals surface area (Å²) >= 11 is 12.1. The molecule has 0 unspecified atom stereocenters. The molecule has 166 valence electrons. The summed E-state index contributed by atoms with van der Waals surface area (Å²) in [5.74, 6) is -0.541. The van der Waals surface area contributed by atoms with E-state index in [4.69, 9.17) is 33.2 Å². The summed E-state index contributed by atoms with van der Waals surface area (Å²) in [6, 6.07) is 19.0. The molecule has 0 amide bonds. The molecule has 3 aromatic heterocycles. The Morgan fingerprint density at radius 1 is 0.882 bits per heavy atom. The van der Waals surface area contributed by atoms with Crippen molar-refractivity contribution in [3.05, 3.63) is 105 Å². The average Bonchev–Trinajstić information content (AvgIpc) is 3.16. The van der Waals surface area contributed by atoms with E-state index in [2.05, 4.69) is 4.98 Å². The maximum absolute atomic E-state index is 13.9. The summed E-state index contributed by atoms with van der Waals surface area (Å²) in [7, 11) is 0. The maximum atomic E-state index is 13.9. The SMILES string of the molecule is O=c1c2c3nc4ccccc4nc3n(-c3ccc(F)c(Cl)c3)c2ncn1Cc1ccc(Cl)cc1. The van der Waals surface area contributed by atoms with Crippen molar-refractivity contribution < 1.29 is 4.39 Å². The van der Waals surface area contributed by atoms with Gasteiger partial charge in [0.05, 0.1) is 28.3 Å². The number of fused-ring (bicyclic) bond motifs is 4. The number of aromatic nitrogens is 5. The first-order valence-corrected chi connectivity index (χ1v) is 11.1. The summed E-state index contributed by atoms with van der Waals surface area (Å²) < 4.78 is 17.1. The lowest BCUT2D eigenvalue weighted by Gasteiger charge is -2.08. The molecule has 0 aliphatic rings. The number of halogens is 3.